The number of nitrogens with zero attached hydrogens (tertiary/aromatic N) is 1. The van der Waals surface area contributed by atoms with Crippen molar-refractivity contribution in [1.82, 2.24) is 4.90 Å². The standard InChI is InChI=1S/C24H30N2O4/c1-16-12-17(2)23(18(3)13-16)25-22(27)14-26(4)24(28)19-7-9-20(10-8-19)30-15-21-6-5-11-29-21/h7-10,12-13,21H,5-6,11,14-15H2,1-4H3,(H,25,27). The Kier molecular flexibility index (Phi) is 7.11. The van der Waals surface area contributed by atoms with Crippen LogP contribution in [0.5, 0.6) is 5.75 Å². The molecule has 0 bridgehead atoms. The fourth-order valence-corrected chi connectivity index (χ4v) is 3.72. The molecule has 1 N–H and O–H groups in total. The third kappa shape index (κ3) is 5.60. The molecule has 1 atom stereocenters. The van der Waals surface area contributed by atoms with Crippen LogP contribution < -0.4 is 10.1 Å². The number of benzene rings is 2. The van der Waals surface area contributed by atoms with E-state index >= 15 is 0 Å². The lowest BCUT2D eigenvalue weighted by molar-refractivity contribution is -0.116. The van der Waals surface area contributed by atoms with Crippen LogP contribution in [0, 0.1) is 20.8 Å². The number of hydrogen-bond donors (Lipinski definition) is 1. The van der Waals surface area contributed by atoms with Gasteiger partial charge in [-0.2, -0.15) is 0 Å². The van der Waals surface area contributed by atoms with Gasteiger partial charge in [-0.15, -0.1) is 0 Å². The van der Waals surface area contributed by atoms with Gasteiger partial charge in [0.15, 0.2) is 0 Å². The summed E-state index contributed by atoms with van der Waals surface area (Å²) in [5.74, 6) is 0.262. The monoisotopic (exact) mass is 410 g/mol. The summed E-state index contributed by atoms with van der Waals surface area (Å²) in [6, 6.07) is 11.0. The first kappa shape index (κ1) is 21.8. The van der Waals surface area contributed by atoms with Crippen LogP contribution in [-0.4, -0.2) is 49.6 Å². The molecule has 1 aliphatic rings. The zero-order valence-corrected chi connectivity index (χ0v) is 18.2. The van der Waals surface area contributed by atoms with Crippen LogP contribution in [0.25, 0.3) is 0 Å². The van der Waals surface area contributed by atoms with E-state index in [1.54, 1.807) is 31.3 Å². The molecule has 0 radical (unpaired) electrons. The molecule has 1 unspecified atom stereocenters. The smallest absolute Gasteiger partial charge is 0.254 e. The lowest BCUT2D eigenvalue weighted by atomic mass is 10.1. The van der Waals surface area contributed by atoms with E-state index in [-0.39, 0.29) is 24.5 Å². The minimum absolute atomic E-state index is 0.0249. The average Bonchev–Trinajstić information content (AvgIpc) is 3.22. The molecule has 0 aromatic heterocycles. The summed E-state index contributed by atoms with van der Waals surface area (Å²) in [5.41, 5.74) is 4.48. The van der Waals surface area contributed by atoms with Crippen LogP contribution >= 0.6 is 0 Å². The minimum atomic E-state index is -0.225. The summed E-state index contributed by atoms with van der Waals surface area (Å²) in [7, 11) is 1.62. The maximum atomic E-state index is 12.7. The Hall–Kier alpha value is -2.86. The fourth-order valence-electron chi connectivity index (χ4n) is 3.72. The first-order valence-corrected chi connectivity index (χ1v) is 10.3. The van der Waals surface area contributed by atoms with Crippen molar-refractivity contribution in [1.29, 1.82) is 0 Å². The number of carbonyl (C=O) groups excluding carboxylic acids is 2. The molecular weight excluding hydrogens is 380 g/mol. The molecule has 2 amide bonds. The Morgan fingerprint density at radius 2 is 1.80 bits per heavy atom. The molecule has 2 aromatic carbocycles. The van der Waals surface area contributed by atoms with Crippen LogP contribution in [0.4, 0.5) is 5.69 Å². The van der Waals surface area contributed by atoms with Gasteiger partial charge in [-0.05, 0) is 69.0 Å². The Labute approximate surface area is 178 Å². The van der Waals surface area contributed by atoms with Crippen molar-refractivity contribution in [3.05, 3.63) is 58.7 Å². The van der Waals surface area contributed by atoms with Crippen LogP contribution in [0.1, 0.15) is 39.9 Å². The number of nitrogens with one attached hydrogen (secondary N) is 1. The zero-order chi connectivity index (χ0) is 21.7. The number of hydrogen-bond acceptors (Lipinski definition) is 4. The molecule has 0 saturated carbocycles. The fraction of sp³-hybridized carbons (Fsp3) is 0.417. The Balaban J connectivity index is 1.54. The highest BCUT2D eigenvalue weighted by molar-refractivity contribution is 5.99. The van der Waals surface area contributed by atoms with Crippen molar-refractivity contribution in [2.75, 3.05) is 32.1 Å². The average molecular weight is 411 g/mol. The van der Waals surface area contributed by atoms with E-state index in [2.05, 4.69) is 5.32 Å². The summed E-state index contributed by atoms with van der Waals surface area (Å²) in [6.45, 7) is 7.25. The van der Waals surface area contributed by atoms with Gasteiger partial charge in [0.25, 0.3) is 5.91 Å². The predicted octanol–water partition coefficient (Wildman–Crippen LogP) is 3.88. The third-order valence-electron chi connectivity index (χ3n) is 5.23. The second-order valence-electron chi connectivity index (χ2n) is 7.95. The number of amides is 2. The van der Waals surface area contributed by atoms with Crippen LogP contribution in [0.2, 0.25) is 0 Å². The van der Waals surface area contributed by atoms with E-state index in [4.69, 9.17) is 9.47 Å². The molecule has 2 aromatic rings. The highest BCUT2D eigenvalue weighted by Crippen LogP contribution is 2.22. The molecule has 0 aliphatic carbocycles. The van der Waals surface area contributed by atoms with Gasteiger partial charge in [0.2, 0.25) is 5.91 Å². The summed E-state index contributed by atoms with van der Waals surface area (Å²) >= 11 is 0. The minimum Gasteiger partial charge on any atom is -0.491 e. The maximum absolute atomic E-state index is 12.7. The molecule has 0 spiro atoms. The van der Waals surface area contributed by atoms with Crippen LogP contribution in [0.3, 0.4) is 0 Å². The first-order valence-electron chi connectivity index (χ1n) is 10.3. The number of carbonyl (C=O) groups is 2. The van der Waals surface area contributed by atoms with Crippen molar-refractivity contribution >= 4 is 17.5 Å². The van der Waals surface area contributed by atoms with Gasteiger partial charge >= 0.3 is 0 Å². The zero-order valence-electron chi connectivity index (χ0n) is 18.2. The van der Waals surface area contributed by atoms with Crippen molar-refractivity contribution in [2.45, 2.75) is 39.7 Å². The van der Waals surface area contributed by atoms with Crippen molar-refractivity contribution in [3.63, 3.8) is 0 Å². The van der Waals surface area contributed by atoms with E-state index in [0.717, 1.165) is 41.8 Å². The Morgan fingerprint density at radius 1 is 1.13 bits per heavy atom. The Morgan fingerprint density at radius 3 is 2.40 bits per heavy atom. The molecule has 160 valence electrons. The van der Waals surface area contributed by atoms with E-state index in [0.29, 0.717) is 17.9 Å². The molecule has 1 aliphatic heterocycles. The van der Waals surface area contributed by atoms with Gasteiger partial charge in [0.05, 0.1) is 12.6 Å². The number of anilines is 1. The molecular formula is C24H30N2O4. The third-order valence-corrected chi connectivity index (χ3v) is 5.23. The lowest BCUT2D eigenvalue weighted by Crippen LogP contribution is -2.35. The van der Waals surface area contributed by atoms with Gasteiger partial charge in [0, 0.05) is 24.9 Å². The summed E-state index contributed by atoms with van der Waals surface area (Å²) < 4.78 is 11.3. The van der Waals surface area contributed by atoms with Gasteiger partial charge in [-0.3, -0.25) is 9.59 Å². The molecule has 6 nitrogen and oxygen atoms in total. The van der Waals surface area contributed by atoms with E-state index < -0.39 is 0 Å². The second kappa shape index (κ2) is 9.76. The molecule has 1 saturated heterocycles. The normalized spacial score (nSPS) is 15.7. The van der Waals surface area contributed by atoms with E-state index in [1.165, 1.54) is 4.90 Å². The highest BCUT2D eigenvalue weighted by atomic mass is 16.5. The SMILES string of the molecule is Cc1cc(C)c(NC(=O)CN(C)C(=O)c2ccc(OCC3CCCO3)cc2)c(C)c1. The molecule has 6 heteroatoms. The molecule has 30 heavy (non-hydrogen) atoms. The summed E-state index contributed by atoms with van der Waals surface area (Å²) in [5, 5.41) is 2.93. The molecule has 1 fully saturated rings. The van der Waals surface area contributed by atoms with Gasteiger partial charge in [-0.1, -0.05) is 17.7 Å². The van der Waals surface area contributed by atoms with E-state index in [9.17, 15) is 9.59 Å². The Bertz CT molecular complexity index is 879. The highest BCUT2D eigenvalue weighted by Gasteiger charge is 2.18. The van der Waals surface area contributed by atoms with Crippen molar-refractivity contribution in [3.8, 4) is 5.75 Å². The quantitative estimate of drug-likeness (QED) is 0.752. The first-order chi connectivity index (χ1) is 14.3. The lowest BCUT2D eigenvalue weighted by Gasteiger charge is -2.19. The summed E-state index contributed by atoms with van der Waals surface area (Å²) in [4.78, 5) is 26.6. The van der Waals surface area contributed by atoms with Gasteiger partial charge in [0.1, 0.15) is 12.4 Å². The predicted molar refractivity (Wildman–Crippen MR) is 117 cm³/mol. The molecule has 1 heterocycles. The second-order valence-corrected chi connectivity index (χ2v) is 7.95. The van der Waals surface area contributed by atoms with Gasteiger partial charge < -0.3 is 19.7 Å². The number of rotatable bonds is 7. The van der Waals surface area contributed by atoms with Gasteiger partial charge in [-0.25, -0.2) is 0 Å². The topological polar surface area (TPSA) is 67.9 Å². The van der Waals surface area contributed by atoms with Crippen LogP contribution in [0.15, 0.2) is 36.4 Å². The molecule has 3 rings (SSSR count). The van der Waals surface area contributed by atoms with Crippen LogP contribution in [-0.2, 0) is 9.53 Å². The summed E-state index contributed by atoms with van der Waals surface area (Å²) in [6.07, 6.45) is 2.24. The number of likely N-dealkylation sites (N-methyl/N-ethyl adjacent to an activating group) is 1. The maximum Gasteiger partial charge on any atom is 0.254 e. The van der Waals surface area contributed by atoms with Crippen molar-refractivity contribution in [2.24, 2.45) is 0 Å². The largest absolute Gasteiger partial charge is 0.491 e. The number of ether oxygens (including phenoxy) is 2. The van der Waals surface area contributed by atoms with Crippen molar-refractivity contribution < 1.29 is 19.1 Å². The van der Waals surface area contributed by atoms with E-state index in [1.807, 2.05) is 32.9 Å². The number of aryl methyl sites for hydroxylation is 3.